The molecule has 0 amide bonds. The van der Waals surface area contributed by atoms with Crippen LogP contribution in [0.3, 0.4) is 0 Å². The molecule has 0 fully saturated rings. The summed E-state index contributed by atoms with van der Waals surface area (Å²) >= 11 is 12.3. The third-order valence-corrected chi connectivity index (χ3v) is 3.71. The zero-order valence-electron chi connectivity index (χ0n) is 13.3. The Balaban J connectivity index is 0.00000288. The van der Waals surface area contributed by atoms with Crippen molar-refractivity contribution in [2.75, 3.05) is 31.6 Å². The fourth-order valence-corrected chi connectivity index (χ4v) is 2.50. The number of nitrogens with one attached hydrogen (secondary N) is 1. The molecule has 0 atom stereocenters. The zero-order chi connectivity index (χ0) is 16.7. The number of halogens is 3. The van der Waals surface area contributed by atoms with E-state index in [9.17, 15) is 4.79 Å². The van der Waals surface area contributed by atoms with E-state index in [-0.39, 0.29) is 18.4 Å². The summed E-state index contributed by atoms with van der Waals surface area (Å²) in [6.07, 6.45) is 0.910. The van der Waals surface area contributed by atoms with Crippen molar-refractivity contribution in [3.63, 3.8) is 0 Å². The molecule has 9 heteroatoms. The van der Waals surface area contributed by atoms with E-state index in [1.54, 1.807) is 30.2 Å². The molecule has 0 aromatic heterocycles. The number of rotatable bonds is 7. The lowest BCUT2D eigenvalue weighted by Gasteiger charge is -2.21. The molecule has 1 aliphatic heterocycles. The van der Waals surface area contributed by atoms with Gasteiger partial charge in [-0.15, -0.1) is 12.4 Å². The molecule has 1 aromatic carbocycles. The van der Waals surface area contributed by atoms with Crippen LogP contribution in [0.1, 0.15) is 19.8 Å². The van der Waals surface area contributed by atoms with Crippen molar-refractivity contribution in [2.45, 2.75) is 19.8 Å². The quantitative estimate of drug-likeness (QED) is 0.561. The van der Waals surface area contributed by atoms with Crippen LogP contribution in [0.15, 0.2) is 23.2 Å². The average Bonchev–Trinajstić information content (AvgIpc) is 2.95. The van der Waals surface area contributed by atoms with Gasteiger partial charge in [0.25, 0.3) is 0 Å². The molecule has 0 unspecified atom stereocenters. The second-order valence-corrected chi connectivity index (χ2v) is 5.59. The number of aliphatic imine (C=N–C) groups is 1. The number of nitrogens with zero attached hydrogens (tertiary/aromatic N) is 2. The molecule has 1 aliphatic rings. The highest BCUT2D eigenvalue weighted by molar-refractivity contribution is 6.39. The minimum absolute atomic E-state index is 0. The molecule has 6 nitrogen and oxygen atoms in total. The van der Waals surface area contributed by atoms with Gasteiger partial charge in [0.2, 0.25) is 5.96 Å². The van der Waals surface area contributed by atoms with Gasteiger partial charge in [-0.3, -0.25) is 9.63 Å². The smallest absolute Gasteiger partial charge is 0.305 e. The molecule has 2 rings (SSSR count). The summed E-state index contributed by atoms with van der Waals surface area (Å²) in [5, 5.41) is 5.75. The Hall–Kier alpha value is -1.21. The lowest BCUT2D eigenvalue weighted by atomic mass is 10.3. The second kappa shape index (κ2) is 10.6. The Morgan fingerprint density at radius 2 is 2.08 bits per heavy atom. The van der Waals surface area contributed by atoms with Crippen LogP contribution in [0.4, 0.5) is 5.69 Å². The Kier molecular flexibility index (Phi) is 9.21. The molecule has 1 aromatic rings. The first kappa shape index (κ1) is 20.8. The fraction of sp³-hybridized carbons (Fsp3) is 0.467. The highest BCUT2D eigenvalue weighted by Gasteiger charge is 2.20. The number of hydrogen-bond donors (Lipinski definition) is 1. The van der Waals surface area contributed by atoms with Gasteiger partial charge in [0.15, 0.2) is 0 Å². The molecule has 0 saturated carbocycles. The monoisotopic (exact) mass is 395 g/mol. The van der Waals surface area contributed by atoms with Crippen LogP contribution in [0.5, 0.6) is 0 Å². The van der Waals surface area contributed by atoms with E-state index in [0.717, 1.165) is 0 Å². The molecular formula is C15H20Cl3N3O3. The van der Waals surface area contributed by atoms with E-state index >= 15 is 0 Å². The van der Waals surface area contributed by atoms with Crippen LogP contribution in [0, 0.1) is 0 Å². The maximum atomic E-state index is 11.3. The summed E-state index contributed by atoms with van der Waals surface area (Å²) in [6, 6.07) is 5.27. The number of para-hydroxylation sites is 1. The van der Waals surface area contributed by atoms with E-state index in [1.807, 2.05) is 0 Å². The molecule has 0 aliphatic carbocycles. The number of carbonyl (C=O) groups excluding carboxylic acids is 1. The van der Waals surface area contributed by atoms with Gasteiger partial charge in [0, 0.05) is 6.42 Å². The summed E-state index contributed by atoms with van der Waals surface area (Å²) in [4.78, 5) is 21.2. The number of guanidine groups is 1. The van der Waals surface area contributed by atoms with Gasteiger partial charge in [-0.2, -0.15) is 0 Å². The lowest BCUT2D eigenvalue weighted by molar-refractivity contribution is -0.144. The fourth-order valence-electron chi connectivity index (χ4n) is 2.01. The third-order valence-electron chi connectivity index (χ3n) is 3.08. The number of ether oxygens (including phenoxy) is 1. The topological polar surface area (TPSA) is 63.2 Å². The van der Waals surface area contributed by atoms with Crippen LogP contribution in [-0.4, -0.2) is 43.3 Å². The highest BCUT2D eigenvalue weighted by Crippen LogP contribution is 2.30. The second-order valence-electron chi connectivity index (χ2n) is 4.77. The minimum atomic E-state index is -0.215. The molecule has 24 heavy (non-hydrogen) atoms. The summed E-state index contributed by atoms with van der Waals surface area (Å²) in [6.45, 7) is 3.82. The predicted molar refractivity (Wildman–Crippen MR) is 98.2 cm³/mol. The summed E-state index contributed by atoms with van der Waals surface area (Å²) < 4.78 is 4.87. The number of esters is 1. The maximum Gasteiger partial charge on any atom is 0.305 e. The largest absolute Gasteiger partial charge is 0.466 e. The Bertz CT molecular complexity index is 564. The van der Waals surface area contributed by atoms with Crippen LogP contribution in [-0.2, 0) is 14.4 Å². The van der Waals surface area contributed by atoms with Crippen LogP contribution in [0.2, 0.25) is 10.0 Å². The predicted octanol–water partition coefficient (Wildman–Crippen LogP) is 3.77. The first-order valence-corrected chi connectivity index (χ1v) is 8.19. The van der Waals surface area contributed by atoms with E-state index in [0.29, 0.717) is 60.8 Å². The first-order chi connectivity index (χ1) is 11.1. The van der Waals surface area contributed by atoms with E-state index < -0.39 is 0 Å². The molecule has 0 spiro atoms. The molecule has 0 bridgehead atoms. The Morgan fingerprint density at radius 3 is 2.75 bits per heavy atom. The molecule has 1 N–H and O–H groups in total. The van der Waals surface area contributed by atoms with Gasteiger partial charge in [0.05, 0.1) is 42.0 Å². The summed E-state index contributed by atoms with van der Waals surface area (Å²) in [7, 11) is 0. The molecule has 1 heterocycles. The van der Waals surface area contributed by atoms with E-state index in [4.69, 9.17) is 32.8 Å². The Labute approximate surface area is 157 Å². The maximum absolute atomic E-state index is 11.3. The van der Waals surface area contributed by atoms with Crippen LogP contribution >= 0.6 is 35.6 Å². The van der Waals surface area contributed by atoms with Crippen molar-refractivity contribution in [1.82, 2.24) is 5.06 Å². The van der Waals surface area contributed by atoms with E-state index in [2.05, 4.69) is 10.3 Å². The van der Waals surface area contributed by atoms with Crippen molar-refractivity contribution >= 4 is 53.2 Å². The molecular weight excluding hydrogens is 377 g/mol. The molecule has 0 radical (unpaired) electrons. The number of anilines is 1. The van der Waals surface area contributed by atoms with Crippen molar-refractivity contribution in [2.24, 2.45) is 4.99 Å². The number of hydrogen-bond acceptors (Lipinski definition) is 6. The van der Waals surface area contributed by atoms with Gasteiger partial charge in [-0.1, -0.05) is 29.3 Å². The Morgan fingerprint density at radius 1 is 1.38 bits per heavy atom. The SMILES string of the molecule is CCOC(=O)CCCON1CCN=C1Nc1c(Cl)cccc1Cl.Cl. The molecule has 134 valence electrons. The van der Waals surface area contributed by atoms with Gasteiger partial charge < -0.3 is 10.1 Å². The third kappa shape index (κ3) is 6.02. The van der Waals surface area contributed by atoms with Crippen molar-refractivity contribution in [3.05, 3.63) is 28.2 Å². The van der Waals surface area contributed by atoms with Gasteiger partial charge in [0.1, 0.15) is 0 Å². The molecule has 0 saturated heterocycles. The minimum Gasteiger partial charge on any atom is -0.466 e. The number of carbonyl (C=O) groups is 1. The highest BCUT2D eigenvalue weighted by atomic mass is 35.5. The van der Waals surface area contributed by atoms with Crippen LogP contribution < -0.4 is 5.32 Å². The van der Waals surface area contributed by atoms with Crippen molar-refractivity contribution in [1.29, 1.82) is 0 Å². The van der Waals surface area contributed by atoms with Gasteiger partial charge in [-0.05, 0) is 25.5 Å². The number of hydroxylamine groups is 2. The summed E-state index contributed by atoms with van der Waals surface area (Å²) in [5.41, 5.74) is 0.594. The van der Waals surface area contributed by atoms with Crippen LogP contribution in [0.25, 0.3) is 0 Å². The first-order valence-electron chi connectivity index (χ1n) is 7.43. The number of benzene rings is 1. The van der Waals surface area contributed by atoms with E-state index in [1.165, 1.54) is 0 Å². The zero-order valence-corrected chi connectivity index (χ0v) is 15.6. The normalized spacial score (nSPS) is 13.3. The van der Waals surface area contributed by atoms with Gasteiger partial charge >= 0.3 is 5.97 Å². The lowest BCUT2D eigenvalue weighted by Crippen LogP contribution is -2.33. The van der Waals surface area contributed by atoms with Gasteiger partial charge in [-0.25, -0.2) is 10.1 Å². The van der Waals surface area contributed by atoms with Crippen molar-refractivity contribution < 1.29 is 14.4 Å². The summed E-state index contributed by atoms with van der Waals surface area (Å²) in [5.74, 6) is 0.337. The standard InChI is InChI=1S/C15H19Cl2N3O3.ClH/c1-2-22-13(21)7-4-10-23-20-9-8-18-15(20)19-14-11(16)5-3-6-12(14)17;/h3,5-6H,2,4,7-10H2,1H3,(H,18,19);1H. The van der Waals surface area contributed by atoms with Crippen molar-refractivity contribution in [3.8, 4) is 0 Å². The average molecular weight is 397 g/mol.